The summed E-state index contributed by atoms with van der Waals surface area (Å²) in [7, 11) is 0. The van der Waals surface area contributed by atoms with Crippen molar-refractivity contribution in [3.8, 4) is 0 Å². The summed E-state index contributed by atoms with van der Waals surface area (Å²) < 4.78 is -0.233. The van der Waals surface area contributed by atoms with Gasteiger partial charge in [-0.3, -0.25) is 9.69 Å². The molecule has 0 spiro atoms. The van der Waals surface area contributed by atoms with Crippen LogP contribution in [0.4, 0.5) is 5.69 Å². The molecule has 2 heterocycles. The summed E-state index contributed by atoms with van der Waals surface area (Å²) in [5.74, 6) is 0.0308. The number of benzene rings is 2. The predicted molar refractivity (Wildman–Crippen MR) is 108 cm³/mol. The molecule has 0 aromatic heterocycles. The van der Waals surface area contributed by atoms with Crippen LogP contribution in [0, 0.1) is 0 Å². The van der Waals surface area contributed by atoms with E-state index in [0.717, 1.165) is 11.3 Å². The molecule has 2 aliphatic rings. The Morgan fingerprint density at radius 3 is 2.36 bits per heavy atom. The van der Waals surface area contributed by atoms with E-state index in [1.807, 2.05) is 30.3 Å². The van der Waals surface area contributed by atoms with Gasteiger partial charge in [-0.2, -0.15) is 0 Å². The zero-order valence-corrected chi connectivity index (χ0v) is 16.2. The predicted octanol–water partition coefficient (Wildman–Crippen LogP) is 4.87. The van der Waals surface area contributed by atoms with Crippen molar-refractivity contribution in [3.63, 3.8) is 0 Å². The van der Waals surface area contributed by atoms with E-state index < -0.39 is 0 Å². The highest BCUT2D eigenvalue weighted by Crippen LogP contribution is 2.55. The molecule has 0 N–H and O–H groups in total. The smallest absolute Gasteiger partial charge is 0.257 e. The first kappa shape index (κ1) is 16.9. The lowest BCUT2D eigenvalue weighted by atomic mass is 10.0. The van der Waals surface area contributed by atoms with Crippen LogP contribution in [0.1, 0.15) is 24.8 Å². The molecule has 0 bridgehead atoms. The number of halogens is 1. The maximum Gasteiger partial charge on any atom is 0.257 e. The fourth-order valence-electron chi connectivity index (χ4n) is 3.51. The van der Waals surface area contributed by atoms with E-state index in [9.17, 15) is 4.79 Å². The lowest BCUT2D eigenvalue weighted by Gasteiger charge is -2.25. The normalized spacial score (nSPS) is 24.8. The first-order valence-corrected chi connectivity index (χ1v) is 9.71. The molecule has 1 amide bonds. The second-order valence-electron chi connectivity index (χ2n) is 6.73. The average Bonchev–Trinajstić information content (AvgIpc) is 3.03. The highest BCUT2D eigenvalue weighted by atomic mass is 35.5. The van der Waals surface area contributed by atoms with Gasteiger partial charge in [-0.15, -0.1) is 11.8 Å². The van der Waals surface area contributed by atoms with Crippen LogP contribution in [-0.4, -0.2) is 26.7 Å². The number of rotatable bonds is 2. The Labute approximate surface area is 161 Å². The Hall–Kier alpha value is -1.56. The van der Waals surface area contributed by atoms with Crippen LogP contribution in [0.3, 0.4) is 0 Å². The fraction of sp³-hybridized carbons (Fsp3) is 0.263. The number of fused-ring (bicyclic) bond motifs is 1. The summed E-state index contributed by atoms with van der Waals surface area (Å²) >= 11 is 13.5. The minimum atomic E-state index is -0.272. The van der Waals surface area contributed by atoms with Crippen LogP contribution in [0.15, 0.2) is 54.6 Å². The molecule has 2 aromatic carbocycles. The Bertz CT molecular complexity index is 838. The highest BCUT2D eigenvalue weighted by molar-refractivity contribution is 8.01. The zero-order valence-electron chi connectivity index (χ0n) is 13.8. The van der Waals surface area contributed by atoms with Gasteiger partial charge in [0.2, 0.25) is 0 Å². The standard InChI is InChI=1S/C19H17ClN2OS2/c1-19(2)15-16(23)21(14-10-8-13(20)9-11-14)18(24)22(15)17(25-19)12-6-4-3-5-7-12/h3-11,15,17H,1-2H3. The molecule has 2 aromatic rings. The van der Waals surface area contributed by atoms with Gasteiger partial charge >= 0.3 is 0 Å². The number of hydrogen-bond acceptors (Lipinski definition) is 3. The molecule has 25 heavy (non-hydrogen) atoms. The van der Waals surface area contributed by atoms with Crippen molar-refractivity contribution in [3.05, 3.63) is 65.2 Å². The first-order chi connectivity index (χ1) is 11.9. The summed E-state index contributed by atoms with van der Waals surface area (Å²) in [5, 5.41) is 1.24. The minimum Gasteiger partial charge on any atom is -0.319 e. The lowest BCUT2D eigenvalue weighted by molar-refractivity contribution is -0.120. The number of amides is 1. The number of anilines is 1. The van der Waals surface area contributed by atoms with Crippen molar-refractivity contribution in [2.75, 3.05) is 4.90 Å². The van der Waals surface area contributed by atoms with Gasteiger partial charge in [0.1, 0.15) is 11.4 Å². The molecule has 6 heteroatoms. The molecule has 2 saturated heterocycles. The molecule has 0 radical (unpaired) electrons. The highest BCUT2D eigenvalue weighted by Gasteiger charge is 2.59. The minimum absolute atomic E-state index is 0.0308. The van der Waals surface area contributed by atoms with Gasteiger partial charge in [0, 0.05) is 9.77 Å². The summed E-state index contributed by atoms with van der Waals surface area (Å²) in [6, 6.07) is 17.2. The summed E-state index contributed by atoms with van der Waals surface area (Å²) in [4.78, 5) is 17.0. The molecule has 4 rings (SSSR count). The molecule has 128 valence electrons. The van der Waals surface area contributed by atoms with E-state index >= 15 is 0 Å². The number of nitrogens with zero attached hydrogens (tertiary/aromatic N) is 2. The third-order valence-corrected chi connectivity index (χ3v) is 6.84. The van der Waals surface area contributed by atoms with Gasteiger partial charge in [0.25, 0.3) is 5.91 Å². The molecule has 0 saturated carbocycles. The third kappa shape index (κ3) is 2.65. The average molecular weight is 389 g/mol. The van der Waals surface area contributed by atoms with E-state index in [0.29, 0.717) is 10.1 Å². The SMILES string of the molecule is CC1(C)SC(c2ccccc2)N2C(=S)N(c3ccc(Cl)cc3)C(=O)C21. The maximum atomic E-state index is 13.2. The van der Waals surface area contributed by atoms with Crippen LogP contribution >= 0.6 is 35.6 Å². The van der Waals surface area contributed by atoms with E-state index in [4.69, 9.17) is 23.8 Å². The number of carbonyl (C=O) groups is 1. The molecular formula is C19H17ClN2OS2. The van der Waals surface area contributed by atoms with Gasteiger partial charge in [-0.05, 0) is 55.9 Å². The Morgan fingerprint density at radius 1 is 1.08 bits per heavy atom. The van der Waals surface area contributed by atoms with E-state index in [2.05, 4.69) is 30.9 Å². The molecule has 0 aliphatic carbocycles. The second kappa shape index (κ2) is 6.01. The fourth-order valence-corrected chi connectivity index (χ4v) is 5.66. The van der Waals surface area contributed by atoms with E-state index in [1.165, 1.54) is 0 Å². The first-order valence-electron chi connectivity index (χ1n) is 8.05. The number of thioether (sulfide) groups is 1. The summed E-state index contributed by atoms with van der Waals surface area (Å²) in [5.41, 5.74) is 1.93. The van der Waals surface area contributed by atoms with Gasteiger partial charge in [0.15, 0.2) is 5.11 Å². The van der Waals surface area contributed by atoms with Crippen molar-refractivity contribution in [1.29, 1.82) is 0 Å². The van der Waals surface area contributed by atoms with Gasteiger partial charge in [-0.1, -0.05) is 41.9 Å². The maximum absolute atomic E-state index is 13.2. The van der Waals surface area contributed by atoms with Gasteiger partial charge in [0.05, 0.1) is 5.69 Å². The third-order valence-electron chi connectivity index (χ3n) is 4.64. The van der Waals surface area contributed by atoms with Gasteiger partial charge < -0.3 is 4.90 Å². The molecular weight excluding hydrogens is 372 g/mol. The molecule has 2 fully saturated rings. The monoisotopic (exact) mass is 388 g/mol. The summed E-state index contributed by atoms with van der Waals surface area (Å²) in [6.45, 7) is 4.23. The van der Waals surface area contributed by atoms with Crippen LogP contribution < -0.4 is 4.90 Å². The largest absolute Gasteiger partial charge is 0.319 e. The molecule has 2 aliphatic heterocycles. The van der Waals surface area contributed by atoms with Crippen molar-refractivity contribution in [2.45, 2.75) is 30.0 Å². The van der Waals surface area contributed by atoms with Crippen molar-refractivity contribution in [2.24, 2.45) is 0 Å². The number of hydrogen-bond donors (Lipinski definition) is 0. The molecule has 3 nitrogen and oxygen atoms in total. The van der Waals surface area contributed by atoms with Crippen LogP contribution in [-0.2, 0) is 4.79 Å². The number of carbonyl (C=O) groups excluding carboxylic acids is 1. The van der Waals surface area contributed by atoms with Crippen molar-refractivity contribution < 1.29 is 4.79 Å². The lowest BCUT2D eigenvalue weighted by Crippen LogP contribution is -2.41. The quantitative estimate of drug-likeness (QED) is 0.685. The Morgan fingerprint density at radius 2 is 1.72 bits per heavy atom. The topological polar surface area (TPSA) is 23.6 Å². The Balaban J connectivity index is 1.77. The van der Waals surface area contributed by atoms with E-state index in [-0.39, 0.29) is 22.1 Å². The Kier molecular flexibility index (Phi) is 4.06. The van der Waals surface area contributed by atoms with Crippen molar-refractivity contribution >= 4 is 52.3 Å². The number of thiocarbonyl (C=S) groups is 1. The second-order valence-corrected chi connectivity index (χ2v) is 9.26. The zero-order chi connectivity index (χ0) is 17.8. The van der Waals surface area contributed by atoms with Crippen LogP contribution in [0.2, 0.25) is 5.02 Å². The van der Waals surface area contributed by atoms with Crippen LogP contribution in [0.5, 0.6) is 0 Å². The molecule has 2 atom stereocenters. The van der Waals surface area contributed by atoms with E-state index in [1.54, 1.807) is 28.8 Å². The summed E-state index contributed by atoms with van der Waals surface area (Å²) in [6.07, 6.45) is 0. The van der Waals surface area contributed by atoms with Crippen LogP contribution in [0.25, 0.3) is 0 Å². The molecule has 2 unspecified atom stereocenters. The van der Waals surface area contributed by atoms with Gasteiger partial charge in [-0.25, -0.2) is 0 Å². The van der Waals surface area contributed by atoms with Crippen molar-refractivity contribution in [1.82, 2.24) is 4.90 Å².